The van der Waals surface area contributed by atoms with Crippen molar-refractivity contribution in [3.05, 3.63) is 22.6 Å². The van der Waals surface area contributed by atoms with E-state index in [1.54, 1.807) is 12.3 Å². The van der Waals surface area contributed by atoms with Gasteiger partial charge in [0.2, 0.25) is 0 Å². The number of rotatable bonds is 1. The highest BCUT2D eigenvalue weighted by Gasteiger charge is 2.22. The highest BCUT2D eigenvalue weighted by atomic mass is 32.2. The molecular formula is C10H15N3OS. The summed E-state index contributed by atoms with van der Waals surface area (Å²) in [6.45, 7) is 6.40. The Morgan fingerprint density at radius 1 is 1.47 bits per heavy atom. The van der Waals surface area contributed by atoms with Crippen LogP contribution in [0.25, 0.3) is 0 Å². The monoisotopic (exact) mass is 225 g/mol. The summed E-state index contributed by atoms with van der Waals surface area (Å²) in [5.74, 6) is 0. The van der Waals surface area contributed by atoms with Crippen LogP contribution < -0.4 is 10.5 Å². The second kappa shape index (κ2) is 4.26. The van der Waals surface area contributed by atoms with Crippen molar-refractivity contribution in [1.29, 1.82) is 0 Å². The van der Waals surface area contributed by atoms with Crippen LogP contribution in [0.3, 0.4) is 0 Å². The fourth-order valence-corrected chi connectivity index (χ4v) is 3.25. The Bertz CT molecular complexity index is 382. The number of aromatic amines is 1. The molecule has 1 aliphatic heterocycles. The highest BCUT2D eigenvalue weighted by molar-refractivity contribution is 8.00. The van der Waals surface area contributed by atoms with Gasteiger partial charge >= 0.3 is 0 Å². The zero-order valence-corrected chi connectivity index (χ0v) is 9.75. The maximum Gasteiger partial charge on any atom is 0.266 e. The molecule has 5 heteroatoms. The molecule has 0 amide bonds. The Kier molecular flexibility index (Phi) is 3.00. The van der Waals surface area contributed by atoms with Crippen LogP contribution in [-0.2, 0) is 0 Å². The molecular weight excluding hydrogens is 210 g/mol. The van der Waals surface area contributed by atoms with Crippen molar-refractivity contribution in [3.8, 4) is 0 Å². The molecule has 2 heterocycles. The minimum atomic E-state index is -0.133. The minimum Gasteiger partial charge on any atom is -0.368 e. The lowest BCUT2D eigenvalue weighted by molar-refractivity contribution is 0.723. The van der Waals surface area contributed by atoms with Gasteiger partial charge in [-0.25, -0.2) is 5.10 Å². The van der Waals surface area contributed by atoms with Gasteiger partial charge in [-0.05, 0) is 0 Å². The zero-order chi connectivity index (χ0) is 10.8. The molecule has 2 atom stereocenters. The molecule has 0 aromatic carbocycles. The first-order valence-electron chi connectivity index (χ1n) is 5.10. The molecule has 4 nitrogen and oxygen atoms in total. The highest BCUT2D eigenvalue weighted by Crippen LogP contribution is 2.27. The van der Waals surface area contributed by atoms with Crippen LogP contribution in [0.15, 0.2) is 17.1 Å². The van der Waals surface area contributed by atoms with Gasteiger partial charge in [-0.15, -0.1) is 0 Å². The molecule has 2 rings (SSSR count). The van der Waals surface area contributed by atoms with Crippen LogP contribution >= 0.6 is 11.8 Å². The second-order valence-corrected chi connectivity index (χ2v) is 5.85. The van der Waals surface area contributed by atoms with E-state index in [4.69, 9.17) is 0 Å². The Morgan fingerprint density at radius 2 is 2.13 bits per heavy atom. The molecule has 1 fully saturated rings. The lowest BCUT2D eigenvalue weighted by Gasteiger charge is -2.35. The van der Waals surface area contributed by atoms with Gasteiger partial charge in [0.25, 0.3) is 5.56 Å². The van der Waals surface area contributed by atoms with E-state index in [1.165, 1.54) is 0 Å². The maximum atomic E-state index is 11.1. The van der Waals surface area contributed by atoms with Crippen molar-refractivity contribution in [1.82, 2.24) is 10.2 Å². The molecule has 1 aliphatic rings. The third-order valence-electron chi connectivity index (χ3n) is 2.44. The Balaban J connectivity index is 2.19. The molecule has 0 spiro atoms. The summed E-state index contributed by atoms with van der Waals surface area (Å²) in [6, 6.07) is 1.61. The largest absolute Gasteiger partial charge is 0.368 e. The summed E-state index contributed by atoms with van der Waals surface area (Å²) in [7, 11) is 0. The average molecular weight is 225 g/mol. The number of aromatic nitrogens is 2. The van der Waals surface area contributed by atoms with Crippen LogP contribution in [-0.4, -0.2) is 33.8 Å². The third kappa shape index (κ3) is 2.53. The van der Waals surface area contributed by atoms with Crippen LogP contribution in [0.5, 0.6) is 0 Å². The van der Waals surface area contributed by atoms with Crippen LogP contribution in [0.4, 0.5) is 5.69 Å². The zero-order valence-electron chi connectivity index (χ0n) is 8.93. The van der Waals surface area contributed by atoms with Gasteiger partial charge in [0.05, 0.1) is 11.9 Å². The van der Waals surface area contributed by atoms with Gasteiger partial charge in [0.15, 0.2) is 0 Å². The number of anilines is 1. The molecule has 82 valence electrons. The predicted octanol–water partition coefficient (Wildman–Crippen LogP) is 1.10. The van der Waals surface area contributed by atoms with Gasteiger partial charge < -0.3 is 4.90 Å². The molecule has 2 unspecified atom stereocenters. The van der Waals surface area contributed by atoms with Gasteiger partial charge in [-0.3, -0.25) is 4.79 Å². The molecule has 0 bridgehead atoms. The SMILES string of the molecule is CC1CN(c2cn[nH]c(=O)c2)CC(C)S1. The van der Waals surface area contributed by atoms with E-state index >= 15 is 0 Å². The van der Waals surface area contributed by atoms with Gasteiger partial charge in [-0.1, -0.05) is 13.8 Å². The second-order valence-electron chi connectivity index (χ2n) is 3.97. The Labute approximate surface area is 93.1 Å². The summed E-state index contributed by atoms with van der Waals surface area (Å²) >= 11 is 2.00. The average Bonchev–Trinajstić information content (AvgIpc) is 2.16. The van der Waals surface area contributed by atoms with Gasteiger partial charge in [-0.2, -0.15) is 16.9 Å². The van der Waals surface area contributed by atoms with E-state index < -0.39 is 0 Å². The number of hydrogen-bond donors (Lipinski definition) is 1. The van der Waals surface area contributed by atoms with Crippen LogP contribution in [0, 0.1) is 0 Å². The topological polar surface area (TPSA) is 49.0 Å². The van der Waals surface area contributed by atoms with Gasteiger partial charge in [0.1, 0.15) is 0 Å². The fraction of sp³-hybridized carbons (Fsp3) is 0.600. The van der Waals surface area contributed by atoms with Crippen molar-refractivity contribution in [2.24, 2.45) is 0 Å². The van der Waals surface area contributed by atoms with E-state index in [-0.39, 0.29) is 5.56 Å². The molecule has 15 heavy (non-hydrogen) atoms. The summed E-state index contributed by atoms with van der Waals surface area (Å²) in [6.07, 6.45) is 1.72. The van der Waals surface area contributed by atoms with Crippen molar-refractivity contribution in [2.75, 3.05) is 18.0 Å². The first-order chi connectivity index (χ1) is 7.15. The fourth-order valence-electron chi connectivity index (χ4n) is 1.93. The molecule has 1 saturated heterocycles. The number of H-pyrrole nitrogens is 1. The number of nitrogens with zero attached hydrogens (tertiary/aromatic N) is 2. The first-order valence-corrected chi connectivity index (χ1v) is 6.04. The van der Waals surface area contributed by atoms with Crippen molar-refractivity contribution in [3.63, 3.8) is 0 Å². The number of thioether (sulfide) groups is 1. The predicted molar refractivity (Wildman–Crippen MR) is 63.6 cm³/mol. The molecule has 1 N–H and O–H groups in total. The summed E-state index contributed by atoms with van der Waals surface area (Å²) in [5.41, 5.74) is 0.795. The first kappa shape index (κ1) is 10.5. The third-order valence-corrected chi connectivity index (χ3v) is 3.66. The lowest BCUT2D eigenvalue weighted by Crippen LogP contribution is -2.40. The molecule has 1 aromatic rings. The van der Waals surface area contributed by atoms with Crippen molar-refractivity contribution < 1.29 is 0 Å². The van der Waals surface area contributed by atoms with Crippen LogP contribution in [0.2, 0.25) is 0 Å². The quantitative estimate of drug-likeness (QED) is 0.777. The maximum absolute atomic E-state index is 11.1. The standard InChI is InChI=1S/C10H15N3OS/c1-7-5-13(6-8(2)15-7)9-3-10(14)12-11-4-9/h3-4,7-8H,5-6H2,1-2H3,(H,12,14). The van der Waals surface area contributed by atoms with E-state index in [9.17, 15) is 4.79 Å². The Hall–Kier alpha value is -0.970. The number of nitrogens with one attached hydrogen (secondary N) is 1. The summed E-state index contributed by atoms with van der Waals surface area (Å²) in [5, 5.41) is 7.43. The Morgan fingerprint density at radius 3 is 2.73 bits per heavy atom. The molecule has 0 saturated carbocycles. The molecule has 0 radical (unpaired) electrons. The minimum absolute atomic E-state index is 0.133. The van der Waals surface area contributed by atoms with E-state index in [0.29, 0.717) is 10.5 Å². The smallest absolute Gasteiger partial charge is 0.266 e. The van der Waals surface area contributed by atoms with Crippen molar-refractivity contribution in [2.45, 2.75) is 24.3 Å². The van der Waals surface area contributed by atoms with E-state index in [1.807, 2.05) is 11.8 Å². The summed E-state index contributed by atoms with van der Waals surface area (Å²) < 4.78 is 0. The normalized spacial score (nSPS) is 26.7. The molecule has 1 aromatic heterocycles. The number of hydrogen-bond acceptors (Lipinski definition) is 4. The van der Waals surface area contributed by atoms with E-state index in [0.717, 1.165) is 18.8 Å². The van der Waals surface area contributed by atoms with E-state index in [2.05, 4.69) is 28.9 Å². The lowest BCUT2D eigenvalue weighted by atomic mass is 10.3. The molecule has 0 aliphatic carbocycles. The summed E-state index contributed by atoms with van der Waals surface area (Å²) in [4.78, 5) is 13.4. The van der Waals surface area contributed by atoms with Crippen molar-refractivity contribution >= 4 is 17.4 Å². The van der Waals surface area contributed by atoms with Gasteiger partial charge in [0, 0.05) is 29.7 Å². The van der Waals surface area contributed by atoms with Crippen LogP contribution in [0.1, 0.15) is 13.8 Å².